The summed E-state index contributed by atoms with van der Waals surface area (Å²) in [5.74, 6) is -0.683. The van der Waals surface area contributed by atoms with Gasteiger partial charge in [0, 0.05) is 13.8 Å². The third kappa shape index (κ3) is 19.4. The first-order valence-electron chi connectivity index (χ1n) is 13.1. The number of unbranched alkanes of at least 4 members (excludes halogenated alkanes) is 10. The lowest BCUT2D eigenvalue weighted by molar-refractivity contribution is -0.142. The first-order valence-corrected chi connectivity index (χ1v) is 13.1. The fourth-order valence-corrected chi connectivity index (χ4v) is 3.58. The van der Waals surface area contributed by atoms with Crippen molar-refractivity contribution in [1.29, 1.82) is 0 Å². The van der Waals surface area contributed by atoms with Crippen molar-refractivity contribution in [2.75, 3.05) is 13.2 Å². The second-order valence-corrected chi connectivity index (χ2v) is 9.06. The van der Waals surface area contributed by atoms with Gasteiger partial charge in [0.1, 0.15) is 0 Å². The average molecular weight is 493 g/mol. The summed E-state index contributed by atoms with van der Waals surface area (Å²) < 4.78 is 9.79. The van der Waals surface area contributed by atoms with Crippen LogP contribution >= 0.6 is 0 Å². The standard InChI is InChI=1S/C27H44N2O6/c1-22(30)34-19-15-11-7-3-5-9-13-17-26(32)28-24-21-25(24)29-27(33)18-14-10-6-4-8-12-16-20-35-23(2)31/h13-14,17-18,24-25H,3-12,15-16,19-21H2,1-2H3,(H,28,32)(H,29,33)/b17-13+,18-14+/t24-,25-/m1/s1. The predicted octanol–water partition coefficient (Wildman–Crippen LogP) is 4.28. The number of hydrogen-bond donors (Lipinski definition) is 2. The van der Waals surface area contributed by atoms with Crippen molar-refractivity contribution in [3.63, 3.8) is 0 Å². The van der Waals surface area contributed by atoms with Gasteiger partial charge in [-0.1, -0.05) is 50.7 Å². The van der Waals surface area contributed by atoms with Crippen LogP contribution in [0.25, 0.3) is 0 Å². The Balaban J connectivity index is 1.95. The van der Waals surface area contributed by atoms with Crippen molar-refractivity contribution in [1.82, 2.24) is 10.6 Å². The van der Waals surface area contributed by atoms with Gasteiger partial charge in [-0.2, -0.15) is 0 Å². The highest BCUT2D eigenvalue weighted by Gasteiger charge is 2.38. The molecule has 1 saturated carbocycles. The Morgan fingerprint density at radius 1 is 0.629 bits per heavy atom. The van der Waals surface area contributed by atoms with E-state index in [9.17, 15) is 19.2 Å². The van der Waals surface area contributed by atoms with Crippen LogP contribution in [0.5, 0.6) is 0 Å². The predicted molar refractivity (Wildman–Crippen MR) is 135 cm³/mol. The lowest BCUT2D eigenvalue weighted by Crippen LogP contribution is -2.33. The minimum Gasteiger partial charge on any atom is -0.466 e. The molecular weight excluding hydrogens is 448 g/mol. The Kier molecular flexibility index (Phi) is 17.1. The average Bonchev–Trinajstić information content (AvgIpc) is 3.52. The van der Waals surface area contributed by atoms with Gasteiger partial charge in [-0.05, 0) is 57.1 Å². The van der Waals surface area contributed by atoms with E-state index in [0.29, 0.717) is 13.2 Å². The molecule has 0 radical (unpaired) electrons. The molecule has 1 fully saturated rings. The van der Waals surface area contributed by atoms with Crippen LogP contribution in [0, 0.1) is 0 Å². The Labute approximate surface area is 210 Å². The molecule has 1 aliphatic rings. The maximum Gasteiger partial charge on any atom is 0.302 e. The fraction of sp³-hybridized carbons (Fsp3) is 0.704. The summed E-state index contributed by atoms with van der Waals surface area (Å²) in [6.07, 6.45) is 19.7. The molecule has 0 aliphatic heterocycles. The van der Waals surface area contributed by atoms with Gasteiger partial charge in [0.15, 0.2) is 0 Å². The van der Waals surface area contributed by atoms with Gasteiger partial charge in [0.25, 0.3) is 0 Å². The van der Waals surface area contributed by atoms with Gasteiger partial charge >= 0.3 is 11.9 Å². The van der Waals surface area contributed by atoms with E-state index in [2.05, 4.69) is 10.6 Å². The lowest BCUT2D eigenvalue weighted by atomic mass is 10.1. The van der Waals surface area contributed by atoms with Gasteiger partial charge < -0.3 is 20.1 Å². The number of carbonyl (C=O) groups excluding carboxylic acids is 4. The fourth-order valence-electron chi connectivity index (χ4n) is 3.58. The van der Waals surface area contributed by atoms with Crippen LogP contribution in [0.3, 0.4) is 0 Å². The molecular formula is C27H44N2O6. The number of ether oxygens (including phenoxy) is 2. The van der Waals surface area contributed by atoms with E-state index in [1.165, 1.54) is 13.8 Å². The van der Waals surface area contributed by atoms with Crippen molar-refractivity contribution < 1.29 is 28.7 Å². The van der Waals surface area contributed by atoms with Crippen LogP contribution < -0.4 is 10.6 Å². The topological polar surface area (TPSA) is 111 Å². The van der Waals surface area contributed by atoms with Crippen LogP contribution in [0.2, 0.25) is 0 Å². The van der Waals surface area contributed by atoms with Crippen molar-refractivity contribution in [2.45, 2.75) is 109 Å². The van der Waals surface area contributed by atoms with E-state index >= 15 is 0 Å². The number of hydrogen-bond acceptors (Lipinski definition) is 6. The summed E-state index contributed by atoms with van der Waals surface area (Å²) in [7, 11) is 0. The van der Waals surface area contributed by atoms with E-state index in [1.54, 1.807) is 12.2 Å². The Bertz CT molecular complexity index is 646. The van der Waals surface area contributed by atoms with Gasteiger partial charge in [-0.15, -0.1) is 0 Å². The van der Waals surface area contributed by atoms with Crippen LogP contribution in [-0.4, -0.2) is 49.1 Å². The normalized spacial score (nSPS) is 16.9. The second kappa shape index (κ2) is 19.6. The number of nitrogens with one attached hydrogen (secondary N) is 2. The van der Waals surface area contributed by atoms with Gasteiger partial charge in [-0.3, -0.25) is 19.2 Å². The molecule has 1 aliphatic carbocycles. The first-order chi connectivity index (χ1) is 16.9. The zero-order valence-electron chi connectivity index (χ0n) is 21.5. The Morgan fingerprint density at radius 3 is 1.40 bits per heavy atom. The Morgan fingerprint density at radius 2 is 1.00 bits per heavy atom. The summed E-state index contributed by atoms with van der Waals surface area (Å²) in [4.78, 5) is 45.3. The van der Waals surface area contributed by atoms with E-state index in [0.717, 1.165) is 83.5 Å². The highest BCUT2D eigenvalue weighted by atomic mass is 16.5. The summed E-state index contributed by atoms with van der Waals surface area (Å²) in [6.45, 7) is 3.84. The quantitative estimate of drug-likeness (QED) is 0.149. The van der Waals surface area contributed by atoms with Gasteiger partial charge in [0.2, 0.25) is 11.8 Å². The first kappa shape index (κ1) is 30.4. The number of allylic oxidation sites excluding steroid dienone is 2. The highest BCUT2D eigenvalue weighted by molar-refractivity contribution is 5.89. The highest BCUT2D eigenvalue weighted by Crippen LogP contribution is 2.21. The molecule has 0 spiro atoms. The molecule has 8 nitrogen and oxygen atoms in total. The van der Waals surface area contributed by atoms with Crippen LogP contribution in [0.15, 0.2) is 24.3 Å². The third-order valence-electron chi connectivity index (χ3n) is 5.63. The number of carbonyl (C=O) groups is 4. The lowest BCUT2D eigenvalue weighted by Gasteiger charge is -2.03. The SMILES string of the molecule is CC(=O)OCCCCCCC/C=C/C(=O)N[C@@H]1C[C@H]1NC(=O)/C=C/CCCCCCCOC(C)=O. The molecule has 35 heavy (non-hydrogen) atoms. The molecule has 2 N–H and O–H groups in total. The molecule has 0 aromatic rings. The van der Waals surface area contributed by atoms with Crippen LogP contribution in [0.4, 0.5) is 0 Å². The molecule has 198 valence electrons. The smallest absolute Gasteiger partial charge is 0.302 e. The number of amides is 2. The van der Waals surface area contributed by atoms with Gasteiger partial charge in [0.05, 0.1) is 25.3 Å². The molecule has 2 atom stereocenters. The number of esters is 2. The van der Waals surface area contributed by atoms with E-state index < -0.39 is 0 Å². The van der Waals surface area contributed by atoms with Gasteiger partial charge in [-0.25, -0.2) is 0 Å². The maximum absolute atomic E-state index is 12.0. The Hall–Kier alpha value is -2.64. The third-order valence-corrected chi connectivity index (χ3v) is 5.63. The molecule has 0 aromatic heterocycles. The largest absolute Gasteiger partial charge is 0.466 e. The number of rotatable bonds is 20. The zero-order valence-corrected chi connectivity index (χ0v) is 21.5. The van der Waals surface area contributed by atoms with E-state index in [1.807, 2.05) is 12.2 Å². The molecule has 2 amide bonds. The minimum atomic E-state index is -0.227. The van der Waals surface area contributed by atoms with E-state index in [-0.39, 0.29) is 35.8 Å². The second-order valence-electron chi connectivity index (χ2n) is 9.06. The zero-order chi connectivity index (χ0) is 25.7. The van der Waals surface area contributed by atoms with Crippen molar-refractivity contribution in [2.24, 2.45) is 0 Å². The van der Waals surface area contributed by atoms with Crippen molar-refractivity contribution >= 4 is 23.8 Å². The summed E-state index contributed by atoms with van der Waals surface area (Å²) in [5, 5.41) is 5.84. The summed E-state index contributed by atoms with van der Waals surface area (Å²) in [6, 6.07) is 0.0161. The summed E-state index contributed by atoms with van der Waals surface area (Å²) in [5.41, 5.74) is 0. The van der Waals surface area contributed by atoms with Crippen molar-refractivity contribution in [3.8, 4) is 0 Å². The minimum absolute atomic E-state index is 0.00806. The molecule has 0 aromatic carbocycles. The molecule has 0 bridgehead atoms. The van der Waals surface area contributed by atoms with E-state index in [4.69, 9.17) is 9.47 Å². The molecule has 0 heterocycles. The summed E-state index contributed by atoms with van der Waals surface area (Å²) >= 11 is 0. The monoisotopic (exact) mass is 492 g/mol. The molecule has 8 heteroatoms. The molecule has 1 rings (SSSR count). The molecule has 0 saturated heterocycles. The van der Waals surface area contributed by atoms with Crippen LogP contribution in [0.1, 0.15) is 97.3 Å². The maximum atomic E-state index is 12.0. The molecule has 0 unspecified atom stereocenters. The van der Waals surface area contributed by atoms with Crippen molar-refractivity contribution in [3.05, 3.63) is 24.3 Å². The van der Waals surface area contributed by atoms with Crippen LogP contribution in [-0.2, 0) is 28.7 Å².